The van der Waals surface area contributed by atoms with Crippen LogP contribution in [0.3, 0.4) is 0 Å². The van der Waals surface area contributed by atoms with E-state index in [1.54, 1.807) is 0 Å². The summed E-state index contributed by atoms with van der Waals surface area (Å²) < 4.78 is 42.6. The number of rotatable bonds is 1. The number of carbonyl (C=O) groups is 1. The van der Waals surface area contributed by atoms with Gasteiger partial charge in [0.15, 0.2) is 0 Å². The maximum atomic E-state index is 12.6. The predicted molar refractivity (Wildman–Crippen MR) is 59.1 cm³/mol. The number of hydrogen-bond donors (Lipinski definition) is 3. The Hall–Kier alpha value is -1.74. The van der Waals surface area contributed by atoms with Gasteiger partial charge in [0, 0.05) is 0 Å². The minimum Gasteiger partial charge on any atom is -0.478 e. The Morgan fingerprint density at radius 1 is 1.37 bits per heavy atom. The Balaban J connectivity index is 2.41. The van der Waals surface area contributed by atoms with Crippen LogP contribution in [-0.4, -0.2) is 41.9 Å². The van der Waals surface area contributed by atoms with E-state index in [1.165, 1.54) is 12.1 Å². The Morgan fingerprint density at radius 3 is 2.63 bits per heavy atom. The molecule has 1 atom stereocenters. The zero-order valence-corrected chi connectivity index (χ0v) is 9.44. The first-order valence-corrected chi connectivity index (χ1v) is 5.30. The van der Waals surface area contributed by atoms with Crippen LogP contribution in [0.15, 0.2) is 18.2 Å². The highest BCUT2D eigenvalue weighted by Crippen LogP contribution is 2.28. The van der Waals surface area contributed by atoms with Gasteiger partial charge >= 0.3 is 13.3 Å². The molecule has 0 fully saturated rings. The lowest BCUT2D eigenvalue weighted by molar-refractivity contribution is -0.192. The van der Waals surface area contributed by atoms with Crippen molar-refractivity contribution in [3.8, 4) is 5.75 Å². The molecule has 9 heteroatoms. The highest BCUT2D eigenvalue weighted by Gasteiger charge is 2.43. The lowest BCUT2D eigenvalue weighted by Gasteiger charge is -2.19. The van der Waals surface area contributed by atoms with E-state index in [0.29, 0.717) is 0 Å². The molecule has 102 valence electrons. The predicted octanol–water partition coefficient (Wildman–Crippen LogP) is -0.581. The number of benzene rings is 1. The van der Waals surface area contributed by atoms with Gasteiger partial charge in [-0.25, -0.2) is 0 Å². The van der Waals surface area contributed by atoms with Gasteiger partial charge < -0.3 is 20.1 Å². The first-order valence-electron chi connectivity index (χ1n) is 5.30. The molecule has 0 radical (unpaired) electrons. The van der Waals surface area contributed by atoms with Crippen LogP contribution in [0.4, 0.5) is 13.2 Å². The number of halogens is 3. The molecule has 3 N–H and O–H groups in total. The van der Waals surface area contributed by atoms with Crippen molar-refractivity contribution >= 4 is 18.5 Å². The molecular weight excluding hydrogens is 266 g/mol. The minimum atomic E-state index is -4.64. The molecule has 5 nitrogen and oxygen atoms in total. The van der Waals surface area contributed by atoms with E-state index in [-0.39, 0.29) is 16.8 Å². The number of nitrogens with one attached hydrogen (secondary N) is 1. The summed E-state index contributed by atoms with van der Waals surface area (Å²) in [6.07, 6.45) is -6.81. The van der Waals surface area contributed by atoms with Gasteiger partial charge in [-0.1, -0.05) is 6.07 Å². The van der Waals surface area contributed by atoms with Crippen LogP contribution in [0.5, 0.6) is 5.75 Å². The molecule has 0 aromatic heterocycles. The van der Waals surface area contributed by atoms with E-state index < -0.39 is 31.9 Å². The first kappa shape index (κ1) is 13.7. The first-order chi connectivity index (χ1) is 8.79. The Morgan fingerprint density at radius 2 is 2.05 bits per heavy atom. The van der Waals surface area contributed by atoms with Crippen molar-refractivity contribution in [1.82, 2.24) is 5.32 Å². The van der Waals surface area contributed by atoms with Crippen molar-refractivity contribution in [3.63, 3.8) is 0 Å². The molecular formula is C10H9BF3NO4. The second-order valence-electron chi connectivity index (χ2n) is 3.99. The van der Waals surface area contributed by atoms with Crippen molar-refractivity contribution in [2.24, 2.45) is 0 Å². The van der Waals surface area contributed by atoms with Gasteiger partial charge in [-0.15, -0.1) is 0 Å². The zero-order chi connectivity index (χ0) is 14.2. The highest BCUT2D eigenvalue weighted by atomic mass is 19.4. The van der Waals surface area contributed by atoms with Crippen LogP contribution in [0, 0.1) is 0 Å². The fourth-order valence-electron chi connectivity index (χ4n) is 1.64. The van der Waals surface area contributed by atoms with Crippen LogP contribution >= 0.6 is 0 Å². The van der Waals surface area contributed by atoms with Gasteiger partial charge in [-0.2, -0.15) is 13.2 Å². The summed E-state index contributed by atoms with van der Waals surface area (Å²) in [5.41, 5.74) is -0.148. The Kier molecular flexibility index (Phi) is 3.42. The van der Waals surface area contributed by atoms with Crippen molar-refractivity contribution in [2.45, 2.75) is 12.3 Å². The highest BCUT2D eigenvalue weighted by molar-refractivity contribution is 6.58. The lowest BCUT2D eigenvalue weighted by atomic mass is 9.80. The number of alkyl halides is 3. The van der Waals surface area contributed by atoms with Crippen LogP contribution in [-0.2, 0) is 0 Å². The molecule has 0 spiro atoms. The van der Waals surface area contributed by atoms with Gasteiger partial charge in [0.2, 0.25) is 6.10 Å². The van der Waals surface area contributed by atoms with E-state index in [1.807, 2.05) is 0 Å². The van der Waals surface area contributed by atoms with Crippen molar-refractivity contribution in [1.29, 1.82) is 0 Å². The molecule has 1 amide bonds. The van der Waals surface area contributed by atoms with Crippen LogP contribution in [0.2, 0.25) is 0 Å². The number of amides is 1. The smallest absolute Gasteiger partial charge is 0.478 e. The molecule has 1 aromatic rings. The van der Waals surface area contributed by atoms with Gasteiger partial charge in [0.25, 0.3) is 5.91 Å². The molecule has 1 unspecified atom stereocenters. The van der Waals surface area contributed by atoms with Crippen molar-refractivity contribution < 1.29 is 32.8 Å². The van der Waals surface area contributed by atoms with E-state index in [2.05, 4.69) is 5.32 Å². The largest absolute Gasteiger partial charge is 0.488 e. The third-order valence-corrected chi connectivity index (χ3v) is 2.63. The third-order valence-electron chi connectivity index (χ3n) is 2.63. The summed E-state index contributed by atoms with van der Waals surface area (Å²) in [6.45, 7) is -0.700. The molecule has 0 aliphatic carbocycles. The van der Waals surface area contributed by atoms with Gasteiger partial charge in [-0.3, -0.25) is 4.79 Å². The van der Waals surface area contributed by atoms with Gasteiger partial charge in [-0.05, 0) is 17.6 Å². The summed E-state index contributed by atoms with van der Waals surface area (Å²) in [5, 5.41) is 20.0. The average Bonchev–Trinajstić information content (AvgIpc) is 2.48. The Bertz CT molecular complexity index is 506. The Labute approximate surface area is 106 Å². The summed E-state index contributed by atoms with van der Waals surface area (Å²) in [7, 11) is -1.86. The number of fused-ring (bicyclic) bond motifs is 1. The van der Waals surface area contributed by atoms with E-state index in [9.17, 15) is 18.0 Å². The summed E-state index contributed by atoms with van der Waals surface area (Å²) in [6, 6.07) is 3.40. The molecule has 1 heterocycles. The topological polar surface area (TPSA) is 78.8 Å². The van der Waals surface area contributed by atoms with Gasteiger partial charge in [0.05, 0.1) is 12.1 Å². The minimum absolute atomic E-state index is 0.0608. The number of ether oxygens (including phenoxy) is 1. The second kappa shape index (κ2) is 4.74. The van der Waals surface area contributed by atoms with E-state index in [0.717, 1.165) is 6.07 Å². The molecule has 1 aliphatic heterocycles. The summed E-state index contributed by atoms with van der Waals surface area (Å²) >= 11 is 0. The zero-order valence-electron chi connectivity index (χ0n) is 9.44. The number of hydrogen-bond acceptors (Lipinski definition) is 4. The average molecular weight is 275 g/mol. The lowest BCUT2D eigenvalue weighted by Crippen LogP contribution is -2.42. The molecule has 1 aliphatic rings. The van der Waals surface area contributed by atoms with Crippen molar-refractivity contribution in [3.05, 3.63) is 23.8 Å². The molecule has 0 saturated carbocycles. The molecule has 0 bridgehead atoms. The van der Waals surface area contributed by atoms with Crippen LogP contribution in [0.1, 0.15) is 10.4 Å². The maximum Gasteiger partial charge on any atom is 0.488 e. The van der Waals surface area contributed by atoms with E-state index in [4.69, 9.17) is 14.8 Å². The monoisotopic (exact) mass is 275 g/mol. The molecule has 2 rings (SSSR count). The summed E-state index contributed by atoms with van der Waals surface area (Å²) in [5.74, 6) is -1.04. The molecule has 19 heavy (non-hydrogen) atoms. The normalized spacial score (nSPS) is 19.0. The SMILES string of the molecule is O=C1NCC(C(F)(F)F)Oc2cc(B(O)O)ccc21. The van der Waals surface area contributed by atoms with Crippen LogP contribution in [0.25, 0.3) is 0 Å². The molecule has 0 saturated heterocycles. The fraction of sp³-hybridized carbons (Fsp3) is 0.300. The number of carbonyl (C=O) groups excluding carboxylic acids is 1. The van der Waals surface area contributed by atoms with Crippen LogP contribution < -0.4 is 15.5 Å². The molecule has 1 aromatic carbocycles. The van der Waals surface area contributed by atoms with E-state index >= 15 is 0 Å². The second-order valence-corrected chi connectivity index (χ2v) is 3.99. The third kappa shape index (κ3) is 2.82. The standard InChI is InChI=1S/C10H9BF3NO4/c12-10(13,14)8-4-15-9(16)6-2-1-5(11(17)18)3-7(6)19-8/h1-3,8,17-18H,4H2,(H,15,16). The van der Waals surface area contributed by atoms with Gasteiger partial charge in [0.1, 0.15) is 5.75 Å². The maximum absolute atomic E-state index is 12.6. The quantitative estimate of drug-likeness (QED) is 0.599. The fourth-order valence-corrected chi connectivity index (χ4v) is 1.64. The van der Waals surface area contributed by atoms with Crippen molar-refractivity contribution in [2.75, 3.05) is 6.54 Å². The summed E-state index contributed by atoms with van der Waals surface area (Å²) in [4.78, 5) is 11.6.